The normalized spacial score (nSPS) is 14.0. The number of pyridine rings is 1. The number of nitrogens with one attached hydrogen (secondary N) is 1. The number of carbonyl (C=O) groups is 1. The summed E-state index contributed by atoms with van der Waals surface area (Å²) in [5.41, 5.74) is 4.44. The van der Waals surface area contributed by atoms with Crippen LogP contribution in [-0.4, -0.2) is 67.0 Å². The summed E-state index contributed by atoms with van der Waals surface area (Å²) >= 11 is 0. The van der Waals surface area contributed by atoms with Crippen molar-refractivity contribution in [1.29, 1.82) is 0 Å². The zero-order valence-corrected chi connectivity index (χ0v) is 28.3. The lowest BCUT2D eigenvalue weighted by atomic mass is 10.0. The first kappa shape index (κ1) is 31.8. The van der Waals surface area contributed by atoms with Crippen LogP contribution in [0.4, 0.5) is 14.5 Å². The van der Waals surface area contributed by atoms with Crippen molar-refractivity contribution in [2.45, 2.75) is 19.4 Å². The Kier molecular flexibility index (Phi) is 7.57. The Morgan fingerprint density at radius 3 is 2.44 bits per heavy atom. The van der Waals surface area contributed by atoms with E-state index in [-0.39, 0.29) is 28.4 Å². The molecule has 1 fully saturated rings. The molecule has 0 bridgehead atoms. The molecule has 7 aromatic rings. The van der Waals surface area contributed by atoms with Gasteiger partial charge in [-0.2, -0.15) is 0 Å². The summed E-state index contributed by atoms with van der Waals surface area (Å²) in [5.74, 6) is -0.273. The number of carbonyl (C=O) groups excluding carboxylic acids is 1. The van der Waals surface area contributed by atoms with E-state index in [1.807, 2.05) is 16.5 Å². The van der Waals surface area contributed by atoms with Crippen molar-refractivity contribution >= 4 is 60.0 Å². The first-order chi connectivity index (χ1) is 24.0. The quantitative estimate of drug-likeness (QED) is 0.197. The van der Waals surface area contributed by atoms with Crippen LogP contribution in [-0.2, 0) is 16.6 Å². The fraction of sp³-hybridized carbons (Fsp3) is 0.216. The molecule has 10 nitrogen and oxygen atoms in total. The SMILES string of the molecule is CNC(=O)c1c(-c2ccc(F)cc2)oc2cc(N(C)S(C)(=O)=O)c(-c3ccc4nc(CN5CCCC5)n5c6cccc(F)c6cc5c4n3)cc12. The molecule has 5 heterocycles. The molecule has 1 aliphatic heterocycles. The van der Waals surface area contributed by atoms with Gasteiger partial charge in [-0.1, -0.05) is 6.07 Å². The number of anilines is 1. The summed E-state index contributed by atoms with van der Waals surface area (Å²) in [6, 6.07) is 19.1. The number of rotatable bonds is 7. The van der Waals surface area contributed by atoms with Gasteiger partial charge in [-0.05, 0) is 86.6 Å². The molecular formula is C37H32F2N6O4S. The molecule has 0 atom stereocenters. The van der Waals surface area contributed by atoms with E-state index in [0.717, 1.165) is 42.3 Å². The molecule has 13 heteroatoms. The summed E-state index contributed by atoms with van der Waals surface area (Å²) in [5, 5.41) is 3.50. The molecule has 1 N–H and O–H groups in total. The lowest BCUT2D eigenvalue weighted by Gasteiger charge is -2.21. The summed E-state index contributed by atoms with van der Waals surface area (Å²) < 4.78 is 64.2. The van der Waals surface area contributed by atoms with Crippen molar-refractivity contribution in [3.63, 3.8) is 0 Å². The van der Waals surface area contributed by atoms with E-state index < -0.39 is 21.7 Å². The van der Waals surface area contributed by atoms with E-state index >= 15 is 4.39 Å². The second-order valence-corrected chi connectivity index (χ2v) is 14.6. The maximum Gasteiger partial charge on any atom is 0.255 e. The van der Waals surface area contributed by atoms with E-state index in [1.165, 1.54) is 44.4 Å². The molecule has 8 rings (SSSR count). The second-order valence-electron chi connectivity index (χ2n) is 12.6. The van der Waals surface area contributed by atoms with Crippen LogP contribution in [0.25, 0.3) is 61.0 Å². The summed E-state index contributed by atoms with van der Waals surface area (Å²) in [4.78, 5) is 25.8. The minimum absolute atomic E-state index is 0.202. The smallest absolute Gasteiger partial charge is 0.255 e. The number of hydrogen-bond acceptors (Lipinski definition) is 7. The van der Waals surface area contributed by atoms with Crippen molar-refractivity contribution in [1.82, 2.24) is 24.6 Å². The van der Waals surface area contributed by atoms with Gasteiger partial charge in [-0.15, -0.1) is 0 Å². The Morgan fingerprint density at radius 2 is 1.72 bits per heavy atom. The third kappa shape index (κ3) is 5.24. The zero-order chi connectivity index (χ0) is 34.9. The molecule has 0 unspecified atom stereocenters. The first-order valence-corrected chi connectivity index (χ1v) is 18.0. The number of benzene rings is 3. The minimum Gasteiger partial charge on any atom is -0.455 e. The van der Waals surface area contributed by atoms with Crippen LogP contribution in [0, 0.1) is 11.6 Å². The monoisotopic (exact) mass is 694 g/mol. The van der Waals surface area contributed by atoms with Crippen LogP contribution in [0.3, 0.4) is 0 Å². The Bertz CT molecular complexity index is 2610. The van der Waals surface area contributed by atoms with Crippen LogP contribution in [0.15, 0.2) is 77.2 Å². The highest BCUT2D eigenvalue weighted by molar-refractivity contribution is 7.92. The maximum atomic E-state index is 15.2. The lowest BCUT2D eigenvalue weighted by molar-refractivity contribution is 0.0964. The lowest BCUT2D eigenvalue weighted by Crippen LogP contribution is -2.25. The van der Waals surface area contributed by atoms with E-state index in [9.17, 15) is 17.6 Å². The third-order valence-corrected chi connectivity index (χ3v) is 10.7. The van der Waals surface area contributed by atoms with Crippen molar-refractivity contribution in [2.75, 3.05) is 37.7 Å². The molecule has 254 valence electrons. The summed E-state index contributed by atoms with van der Waals surface area (Å²) in [6.45, 7) is 2.51. The molecule has 0 aliphatic carbocycles. The van der Waals surface area contributed by atoms with Gasteiger partial charge in [-0.3, -0.25) is 18.4 Å². The molecule has 1 amide bonds. The molecule has 4 aromatic heterocycles. The molecule has 1 aliphatic rings. The van der Waals surface area contributed by atoms with Crippen molar-refractivity contribution < 1.29 is 26.4 Å². The molecule has 0 spiro atoms. The fourth-order valence-corrected chi connectivity index (χ4v) is 7.40. The third-order valence-electron chi connectivity index (χ3n) is 9.46. The van der Waals surface area contributed by atoms with Crippen LogP contribution in [0.2, 0.25) is 0 Å². The van der Waals surface area contributed by atoms with Gasteiger partial charge in [0, 0.05) is 42.1 Å². The Labute approximate surface area is 286 Å². The topological polar surface area (TPSA) is 113 Å². The van der Waals surface area contributed by atoms with Crippen molar-refractivity contribution in [2.24, 2.45) is 0 Å². The van der Waals surface area contributed by atoms with Gasteiger partial charge < -0.3 is 9.73 Å². The number of sulfonamides is 1. The molecule has 0 radical (unpaired) electrons. The molecule has 3 aromatic carbocycles. The number of amides is 1. The van der Waals surface area contributed by atoms with Crippen LogP contribution in [0.1, 0.15) is 29.0 Å². The van der Waals surface area contributed by atoms with Gasteiger partial charge in [0.15, 0.2) is 0 Å². The average molecular weight is 695 g/mol. The highest BCUT2D eigenvalue weighted by atomic mass is 32.2. The number of fused-ring (bicyclic) bond motifs is 6. The number of likely N-dealkylation sites (tertiary alicyclic amines) is 1. The predicted octanol–water partition coefficient (Wildman–Crippen LogP) is 6.75. The molecular weight excluding hydrogens is 663 g/mol. The minimum atomic E-state index is -3.77. The zero-order valence-electron chi connectivity index (χ0n) is 27.5. The first-order valence-electron chi connectivity index (χ1n) is 16.2. The predicted molar refractivity (Wildman–Crippen MR) is 190 cm³/mol. The summed E-state index contributed by atoms with van der Waals surface area (Å²) in [7, 11) is -0.851. The number of furan rings is 1. The van der Waals surface area contributed by atoms with Crippen molar-refractivity contribution in [3.8, 4) is 22.6 Å². The summed E-state index contributed by atoms with van der Waals surface area (Å²) in [6.07, 6.45) is 3.31. The van der Waals surface area contributed by atoms with Gasteiger partial charge >= 0.3 is 0 Å². The number of nitrogens with zero attached hydrogens (tertiary/aromatic N) is 5. The largest absolute Gasteiger partial charge is 0.455 e. The average Bonchev–Trinajstić information content (AvgIpc) is 3.85. The Hall–Kier alpha value is -5.40. The van der Waals surface area contributed by atoms with Gasteiger partial charge in [0.1, 0.15) is 34.3 Å². The van der Waals surface area contributed by atoms with E-state index in [2.05, 4.69) is 10.2 Å². The van der Waals surface area contributed by atoms with E-state index in [0.29, 0.717) is 56.2 Å². The second kappa shape index (κ2) is 11.9. The van der Waals surface area contributed by atoms with Crippen molar-refractivity contribution in [3.05, 3.63) is 95.8 Å². The highest BCUT2D eigenvalue weighted by Crippen LogP contribution is 2.41. The Balaban J connectivity index is 1.40. The number of hydrogen-bond donors (Lipinski definition) is 1. The number of aromatic nitrogens is 3. The van der Waals surface area contributed by atoms with E-state index in [4.69, 9.17) is 14.4 Å². The fourth-order valence-electron chi connectivity index (χ4n) is 6.89. The van der Waals surface area contributed by atoms with Crippen LogP contribution >= 0.6 is 0 Å². The Morgan fingerprint density at radius 1 is 0.960 bits per heavy atom. The van der Waals surface area contributed by atoms with E-state index in [1.54, 1.807) is 30.3 Å². The van der Waals surface area contributed by atoms with Gasteiger partial charge in [-0.25, -0.2) is 27.2 Å². The molecule has 1 saturated heterocycles. The maximum absolute atomic E-state index is 15.2. The van der Waals surface area contributed by atoms with Crippen LogP contribution < -0.4 is 9.62 Å². The molecule has 50 heavy (non-hydrogen) atoms. The highest BCUT2D eigenvalue weighted by Gasteiger charge is 2.27. The standard InChI is InChI=1S/C37H32F2N6O4S/c1-40-37(46)34-25-17-24(30(43(2)50(3,47)48)19-32(25)49-36(34)21-9-11-22(38)12-10-21)27-13-14-28-35(42-27)31-18-23-26(39)7-6-8-29(23)45(31)33(41-28)20-44-15-4-5-16-44/h6-14,17-19H,4-5,15-16,20H2,1-3H3,(H,40,46). The molecule has 0 saturated carbocycles. The number of halogens is 2. The van der Waals surface area contributed by atoms with Gasteiger partial charge in [0.25, 0.3) is 5.91 Å². The van der Waals surface area contributed by atoms with Gasteiger partial charge in [0.05, 0.1) is 46.3 Å². The van der Waals surface area contributed by atoms with Gasteiger partial charge in [0.2, 0.25) is 10.0 Å². The van der Waals surface area contributed by atoms with Crippen LogP contribution in [0.5, 0.6) is 0 Å².